The Labute approximate surface area is 215 Å². The number of aryl methyl sites for hydroxylation is 2. The SMILES string of the molecule is Cc1ccccc1[N-]S(=O)(=O)c1ccc2c(c1)C(=NO)c1cc(S(=O)(=O)Nc3ccccc3C)ccc1-2. The molecule has 0 fully saturated rings. The molecular formula is C27H22N3O5S2-. The molecular weight excluding hydrogens is 510 g/mol. The lowest BCUT2D eigenvalue weighted by Gasteiger charge is -2.24. The summed E-state index contributed by atoms with van der Waals surface area (Å²) in [5.74, 6) is 0. The number of sulfonamides is 2. The highest BCUT2D eigenvalue weighted by atomic mass is 32.2. The summed E-state index contributed by atoms with van der Waals surface area (Å²) in [6.07, 6.45) is 0. The quantitative estimate of drug-likeness (QED) is 0.214. The summed E-state index contributed by atoms with van der Waals surface area (Å²) in [5.41, 5.74) is 4.31. The van der Waals surface area contributed by atoms with E-state index in [9.17, 15) is 22.0 Å². The number of hydrogen-bond donors (Lipinski definition) is 2. The average Bonchev–Trinajstić information content (AvgIpc) is 3.19. The number of nitrogens with one attached hydrogen (secondary N) is 1. The zero-order valence-corrected chi connectivity index (χ0v) is 21.5. The highest BCUT2D eigenvalue weighted by molar-refractivity contribution is 7.94. The highest BCUT2D eigenvalue weighted by Crippen LogP contribution is 2.40. The molecule has 37 heavy (non-hydrogen) atoms. The summed E-state index contributed by atoms with van der Waals surface area (Å²) in [7, 11) is -8.01. The van der Waals surface area contributed by atoms with Gasteiger partial charge in [-0.15, -0.1) is 5.69 Å². The van der Waals surface area contributed by atoms with Crippen LogP contribution in [0.2, 0.25) is 0 Å². The van der Waals surface area contributed by atoms with Crippen LogP contribution in [0.25, 0.3) is 15.8 Å². The van der Waals surface area contributed by atoms with Crippen LogP contribution in [0.15, 0.2) is 99.9 Å². The van der Waals surface area contributed by atoms with Crippen molar-refractivity contribution in [3.05, 3.63) is 112 Å². The molecule has 2 N–H and O–H groups in total. The van der Waals surface area contributed by atoms with Gasteiger partial charge in [-0.05, 0) is 60.9 Å². The van der Waals surface area contributed by atoms with Crippen molar-refractivity contribution in [2.24, 2.45) is 5.16 Å². The smallest absolute Gasteiger partial charge is 0.261 e. The van der Waals surface area contributed by atoms with E-state index < -0.39 is 20.0 Å². The van der Waals surface area contributed by atoms with E-state index in [1.54, 1.807) is 68.4 Å². The van der Waals surface area contributed by atoms with E-state index >= 15 is 0 Å². The zero-order valence-electron chi connectivity index (χ0n) is 19.9. The number of hydrogen-bond acceptors (Lipinski definition) is 6. The number of oxime groups is 1. The Kier molecular flexibility index (Phi) is 6.01. The van der Waals surface area contributed by atoms with Gasteiger partial charge >= 0.3 is 0 Å². The number of anilines is 1. The van der Waals surface area contributed by atoms with E-state index in [-0.39, 0.29) is 15.5 Å². The number of para-hydroxylation sites is 1. The predicted molar refractivity (Wildman–Crippen MR) is 143 cm³/mol. The Morgan fingerprint density at radius 2 is 1.27 bits per heavy atom. The molecule has 4 aromatic rings. The molecule has 0 radical (unpaired) electrons. The Balaban J connectivity index is 1.51. The topological polar surface area (TPSA) is 127 Å². The molecule has 0 aromatic heterocycles. The van der Waals surface area contributed by atoms with Crippen LogP contribution in [0.1, 0.15) is 22.3 Å². The minimum absolute atomic E-state index is 0.0224. The molecule has 10 heteroatoms. The van der Waals surface area contributed by atoms with Crippen LogP contribution in [0, 0.1) is 13.8 Å². The van der Waals surface area contributed by atoms with Gasteiger partial charge in [0.25, 0.3) is 10.0 Å². The first-order valence-corrected chi connectivity index (χ1v) is 14.2. The molecule has 5 rings (SSSR count). The number of benzene rings is 4. The molecule has 0 unspecified atom stereocenters. The van der Waals surface area contributed by atoms with Gasteiger partial charge in [-0.2, -0.15) is 0 Å². The highest BCUT2D eigenvalue weighted by Gasteiger charge is 2.29. The third-order valence-electron chi connectivity index (χ3n) is 6.21. The van der Waals surface area contributed by atoms with E-state index in [1.165, 1.54) is 24.3 Å². The molecule has 0 atom stereocenters. The first kappa shape index (κ1) is 24.5. The van der Waals surface area contributed by atoms with Gasteiger partial charge in [-0.3, -0.25) is 4.72 Å². The van der Waals surface area contributed by atoms with Gasteiger partial charge in [0.05, 0.1) is 15.5 Å². The van der Waals surface area contributed by atoms with Crippen molar-refractivity contribution in [3.8, 4) is 11.1 Å². The molecule has 0 saturated carbocycles. The van der Waals surface area contributed by atoms with Crippen molar-refractivity contribution in [1.29, 1.82) is 0 Å². The van der Waals surface area contributed by atoms with Crippen molar-refractivity contribution in [1.82, 2.24) is 0 Å². The van der Waals surface area contributed by atoms with Crippen molar-refractivity contribution < 1.29 is 22.0 Å². The summed E-state index contributed by atoms with van der Waals surface area (Å²) in [6.45, 7) is 3.56. The lowest BCUT2D eigenvalue weighted by molar-refractivity contribution is 0.320. The Morgan fingerprint density at radius 1 is 0.703 bits per heavy atom. The van der Waals surface area contributed by atoms with E-state index in [0.29, 0.717) is 39.2 Å². The fourth-order valence-electron chi connectivity index (χ4n) is 4.23. The lowest BCUT2D eigenvalue weighted by atomic mass is 10.1. The molecule has 8 nitrogen and oxygen atoms in total. The van der Waals surface area contributed by atoms with Gasteiger partial charge in [0.15, 0.2) is 0 Å². The average molecular weight is 533 g/mol. The molecule has 0 aliphatic heterocycles. The van der Waals surface area contributed by atoms with Crippen molar-refractivity contribution in [2.75, 3.05) is 4.72 Å². The van der Waals surface area contributed by atoms with Crippen LogP contribution < -0.4 is 4.72 Å². The standard InChI is InChI=1S/C27H22N3O5S2/c1-17-7-3-5-9-25(17)29-36(32,33)19-11-13-21-22-14-12-20(16-24(22)27(28-31)23(21)15-19)37(34,35)30-26-10-6-4-8-18(26)2/h3-16,29,31H,1-2H3/q-1. The van der Waals surface area contributed by atoms with Crippen LogP contribution in [-0.4, -0.2) is 27.8 Å². The van der Waals surface area contributed by atoms with Gasteiger partial charge in [-0.25, -0.2) is 16.8 Å². The fraction of sp³-hybridized carbons (Fsp3) is 0.0741. The molecule has 0 spiro atoms. The number of fused-ring (bicyclic) bond motifs is 3. The summed E-state index contributed by atoms with van der Waals surface area (Å²) in [5, 5.41) is 13.2. The second-order valence-corrected chi connectivity index (χ2v) is 11.9. The summed E-state index contributed by atoms with van der Waals surface area (Å²) in [6, 6.07) is 22.8. The monoisotopic (exact) mass is 532 g/mol. The fourth-order valence-corrected chi connectivity index (χ4v) is 6.46. The second-order valence-electron chi connectivity index (χ2n) is 8.64. The van der Waals surface area contributed by atoms with Gasteiger partial charge < -0.3 is 9.93 Å². The number of rotatable bonds is 6. The van der Waals surface area contributed by atoms with Crippen LogP contribution in [0.5, 0.6) is 0 Å². The van der Waals surface area contributed by atoms with Crippen LogP contribution in [-0.2, 0) is 20.0 Å². The third-order valence-corrected chi connectivity index (χ3v) is 8.86. The maximum Gasteiger partial charge on any atom is 0.261 e. The minimum Gasteiger partial charge on any atom is -0.572 e. The second kappa shape index (κ2) is 9.06. The van der Waals surface area contributed by atoms with Gasteiger partial charge in [-0.1, -0.05) is 65.3 Å². The van der Waals surface area contributed by atoms with E-state index in [1.807, 2.05) is 6.07 Å². The van der Waals surface area contributed by atoms with E-state index in [4.69, 9.17) is 0 Å². The maximum atomic E-state index is 13.1. The van der Waals surface area contributed by atoms with Gasteiger partial charge in [0.2, 0.25) is 0 Å². The Bertz CT molecular complexity index is 1670. The molecule has 1 aliphatic carbocycles. The summed E-state index contributed by atoms with van der Waals surface area (Å²) in [4.78, 5) is -0.0941. The Hall–Kier alpha value is -4.15. The molecule has 1 aliphatic rings. The van der Waals surface area contributed by atoms with Crippen molar-refractivity contribution in [2.45, 2.75) is 23.6 Å². The molecule has 4 aromatic carbocycles. The van der Waals surface area contributed by atoms with Crippen LogP contribution >= 0.6 is 0 Å². The molecule has 0 heterocycles. The first-order valence-electron chi connectivity index (χ1n) is 11.2. The van der Waals surface area contributed by atoms with Crippen LogP contribution in [0.4, 0.5) is 11.4 Å². The number of nitrogens with zero attached hydrogens (tertiary/aromatic N) is 2. The zero-order chi connectivity index (χ0) is 26.4. The largest absolute Gasteiger partial charge is 0.572 e. The van der Waals surface area contributed by atoms with Gasteiger partial charge in [0.1, 0.15) is 15.7 Å². The summed E-state index contributed by atoms with van der Waals surface area (Å²) >= 11 is 0. The van der Waals surface area contributed by atoms with Crippen molar-refractivity contribution in [3.63, 3.8) is 0 Å². The normalized spacial score (nSPS) is 13.7. The maximum absolute atomic E-state index is 13.1. The van der Waals surface area contributed by atoms with E-state index in [2.05, 4.69) is 14.6 Å². The minimum atomic E-state index is -4.06. The molecule has 0 bridgehead atoms. The van der Waals surface area contributed by atoms with Gasteiger partial charge in [0, 0.05) is 11.1 Å². The first-order chi connectivity index (χ1) is 17.6. The predicted octanol–water partition coefficient (Wildman–Crippen LogP) is 5.71. The van der Waals surface area contributed by atoms with Crippen molar-refractivity contribution >= 4 is 37.1 Å². The summed E-state index contributed by atoms with van der Waals surface area (Å²) < 4.78 is 58.9. The third kappa shape index (κ3) is 4.45. The Morgan fingerprint density at radius 3 is 1.89 bits per heavy atom. The molecule has 0 saturated heterocycles. The molecule has 0 amide bonds. The van der Waals surface area contributed by atoms with E-state index in [0.717, 1.165) is 5.56 Å². The lowest BCUT2D eigenvalue weighted by Crippen LogP contribution is -2.14. The van der Waals surface area contributed by atoms with Crippen LogP contribution in [0.3, 0.4) is 0 Å². The molecule has 188 valence electrons.